The first-order valence-corrected chi connectivity index (χ1v) is 10.9. The molecular weight excluding hydrogens is 404 g/mol. The summed E-state index contributed by atoms with van der Waals surface area (Å²) in [6, 6.07) is 17.2. The van der Waals surface area contributed by atoms with E-state index < -0.39 is 0 Å². The topological polar surface area (TPSA) is 94.7 Å². The van der Waals surface area contributed by atoms with Crippen molar-refractivity contribution in [2.24, 2.45) is 0 Å². The first-order valence-electron chi connectivity index (χ1n) is 10.9. The van der Waals surface area contributed by atoms with Crippen molar-refractivity contribution in [3.8, 4) is 0 Å². The Hall–Kier alpha value is -3.81. The Bertz CT molecular complexity index is 1280. The molecule has 0 saturated heterocycles. The summed E-state index contributed by atoms with van der Waals surface area (Å²) >= 11 is 0. The molecule has 1 unspecified atom stereocenters. The molecule has 0 aliphatic heterocycles. The number of para-hydroxylation sites is 1. The largest absolute Gasteiger partial charge is 0.347 e. The van der Waals surface area contributed by atoms with E-state index in [0.29, 0.717) is 29.7 Å². The second-order valence-corrected chi connectivity index (χ2v) is 8.10. The van der Waals surface area contributed by atoms with Gasteiger partial charge in [-0.2, -0.15) is 5.10 Å². The molecule has 0 spiro atoms. The highest BCUT2D eigenvalue weighted by molar-refractivity contribution is 5.78. The number of aryl methyl sites for hydroxylation is 1. The number of rotatable bonds is 8. The molecule has 8 heteroatoms. The number of nitrogens with zero attached hydrogens (tertiary/aromatic N) is 5. The standard InChI is InChI=1S/C24H24N6O2/c31-23(28-21(14-29-16-25-15-26-29)17-6-2-1-3-7-17)13-12-22-27-20-9-5-4-8-19(20)24(32)30(22)18-10-11-18/h1-9,15-16,18,21H,10-14H2,(H,28,31). The van der Waals surface area contributed by atoms with Crippen LogP contribution in [-0.4, -0.2) is 30.2 Å². The molecule has 1 aliphatic rings. The number of amides is 1. The minimum atomic E-state index is -0.236. The molecular formula is C24H24N6O2. The lowest BCUT2D eigenvalue weighted by Gasteiger charge is -2.19. The number of aromatic nitrogens is 5. The molecule has 0 bridgehead atoms. The van der Waals surface area contributed by atoms with Crippen LogP contribution in [0.2, 0.25) is 0 Å². The number of carbonyl (C=O) groups excluding carboxylic acids is 1. The number of hydrogen-bond donors (Lipinski definition) is 1. The number of nitrogens with one attached hydrogen (secondary N) is 1. The number of benzene rings is 2. The van der Waals surface area contributed by atoms with Crippen molar-refractivity contribution < 1.29 is 4.79 Å². The van der Waals surface area contributed by atoms with E-state index in [4.69, 9.17) is 4.98 Å². The maximum Gasteiger partial charge on any atom is 0.261 e. The Morgan fingerprint density at radius 1 is 1.09 bits per heavy atom. The predicted octanol–water partition coefficient (Wildman–Crippen LogP) is 2.81. The van der Waals surface area contributed by atoms with Gasteiger partial charge in [0.05, 0.1) is 23.5 Å². The SMILES string of the molecule is O=C(CCc1nc2ccccc2c(=O)n1C1CC1)NC(Cn1cncn1)c1ccccc1. The summed E-state index contributed by atoms with van der Waals surface area (Å²) in [7, 11) is 0. The summed E-state index contributed by atoms with van der Waals surface area (Å²) < 4.78 is 3.49. The molecule has 0 radical (unpaired) electrons. The molecule has 8 nitrogen and oxygen atoms in total. The van der Waals surface area contributed by atoms with Crippen molar-refractivity contribution >= 4 is 16.8 Å². The Labute approximate surface area is 184 Å². The Balaban J connectivity index is 1.34. The molecule has 1 fully saturated rings. The van der Waals surface area contributed by atoms with Crippen LogP contribution in [0.5, 0.6) is 0 Å². The zero-order valence-corrected chi connectivity index (χ0v) is 17.6. The van der Waals surface area contributed by atoms with Gasteiger partial charge in [-0.3, -0.25) is 18.8 Å². The summed E-state index contributed by atoms with van der Waals surface area (Å²) in [4.78, 5) is 34.6. The predicted molar refractivity (Wildman–Crippen MR) is 120 cm³/mol. The molecule has 4 aromatic rings. The summed E-state index contributed by atoms with van der Waals surface area (Å²) in [6.07, 6.45) is 5.73. The van der Waals surface area contributed by atoms with E-state index in [2.05, 4.69) is 15.4 Å². The minimum absolute atomic E-state index is 0.0122. The molecule has 1 aliphatic carbocycles. The zero-order valence-electron chi connectivity index (χ0n) is 17.6. The summed E-state index contributed by atoms with van der Waals surface area (Å²) in [5.41, 5.74) is 1.66. The normalized spacial score (nSPS) is 14.4. The van der Waals surface area contributed by atoms with Gasteiger partial charge in [-0.15, -0.1) is 0 Å². The van der Waals surface area contributed by atoms with Crippen LogP contribution in [0.4, 0.5) is 0 Å². The van der Waals surface area contributed by atoms with Crippen LogP contribution >= 0.6 is 0 Å². The van der Waals surface area contributed by atoms with E-state index in [-0.39, 0.29) is 30.0 Å². The highest BCUT2D eigenvalue weighted by atomic mass is 16.1. The van der Waals surface area contributed by atoms with E-state index in [1.165, 1.54) is 6.33 Å². The van der Waals surface area contributed by atoms with Gasteiger partial charge in [-0.25, -0.2) is 9.97 Å². The van der Waals surface area contributed by atoms with Crippen LogP contribution in [0.15, 0.2) is 72.0 Å². The first kappa shape index (κ1) is 20.1. The van der Waals surface area contributed by atoms with Crippen LogP contribution in [0, 0.1) is 0 Å². The van der Waals surface area contributed by atoms with Crippen molar-refractivity contribution in [1.29, 1.82) is 0 Å². The number of fused-ring (bicyclic) bond motifs is 1. The van der Waals surface area contributed by atoms with E-state index >= 15 is 0 Å². The molecule has 5 rings (SSSR count). The van der Waals surface area contributed by atoms with Crippen molar-refractivity contribution in [2.75, 3.05) is 0 Å². The third-order valence-electron chi connectivity index (χ3n) is 5.74. The molecule has 1 amide bonds. The molecule has 1 N–H and O–H groups in total. The fourth-order valence-corrected chi connectivity index (χ4v) is 4.00. The van der Waals surface area contributed by atoms with Gasteiger partial charge in [0.1, 0.15) is 18.5 Å². The Kier molecular flexibility index (Phi) is 5.49. The third kappa shape index (κ3) is 4.30. The van der Waals surface area contributed by atoms with Crippen LogP contribution in [0.3, 0.4) is 0 Å². The lowest BCUT2D eigenvalue weighted by molar-refractivity contribution is -0.122. The van der Waals surface area contributed by atoms with Crippen LogP contribution in [0.25, 0.3) is 10.9 Å². The van der Waals surface area contributed by atoms with Gasteiger partial charge >= 0.3 is 0 Å². The third-order valence-corrected chi connectivity index (χ3v) is 5.74. The van der Waals surface area contributed by atoms with Gasteiger partial charge in [0.2, 0.25) is 5.91 Å². The second-order valence-electron chi connectivity index (χ2n) is 8.10. The first-order chi connectivity index (χ1) is 15.7. The summed E-state index contributed by atoms with van der Waals surface area (Å²) in [5, 5.41) is 7.91. The van der Waals surface area contributed by atoms with Gasteiger partial charge in [0, 0.05) is 18.9 Å². The second kappa shape index (κ2) is 8.74. The maximum absolute atomic E-state index is 13.0. The van der Waals surface area contributed by atoms with E-state index in [9.17, 15) is 9.59 Å². The smallest absolute Gasteiger partial charge is 0.261 e. The summed E-state index contributed by atoms with van der Waals surface area (Å²) in [5.74, 6) is 0.586. The fraction of sp³-hybridized carbons (Fsp3) is 0.292. The quantitative estimate of drug-likeness (QED) is 0.466. The highest BCUT2D eigenvalue weighted by Gasteiger charge is 2.28. The lowest BCUT2D eigenvalue weighted by Crippen LogP contribution is -2.32. The Morgan fingerprint density at radius 2 is 1.88 bits per heavy atom. The number of hydrogen-bond acceptors (Lipinski definition) is 5. The maximum atomic E-state index is 13.0. The lowest BCUT2D eigenvalue weighted by atomic mass is 10.1. The van der Waals surface area contributed by atoms with Crippen molar-refractivity contribution in [2.45, 2.75) is 44.3 Å². The van der Waals surface area contributed by atoms with Crippen LogP contribution < -0.4 is 10.9 Å². The van der Waals surface area contributed by atoms with Crippen molar-refractivity contribution in [3.63, 3.8) is 0 Å². The molecule has 32 heavy (non-hydrogen) atoms. The van der Waals surface area contributed by atoms with Gasteiger partial charge in [-0.1, -0.05) is 42.5 Å². The number of carbonyl (C=O) groups is 1. The van der Waals surface area contributed by atoms with E-state index in [0.717, 1.165) is 18.4 Å². The zero-order chi connectivity index (χ0) is 21.9. The highest BCUT2D eigenvalue weighted by Crippen LogP contribution is 2.34. The molecule has 2 heterocycles. The van der Waals surface area contributed by atoms with Gasteiger partial charge in [-0.05, 0) is 30.5 Å². The molecule has 2 aromatic carbocycles. The molecule has 162 valence electrons. The van der Waals surface area contributed by atoms with Gasteiger partial charge in [0.15, 0.2) is 0 Å². The van der Waals surface area contributed by atoms with Gasteiger partial charge in [0.25, 0.3) is 5.56 Å². The minimum Gasteiger partial charge on any atom is -0.347 e. The van der Waals surface area contributed by atoms with Crippen LogP contribution in [0.1, 0.15) is 42.7 Å². The Morgan fingerprint density at radius 3 is 2.62 bits per heavy atom. The van der Waals surface area contributed by atoms with Crippen molar-refractivity contribution in [1.82, 2.24) is 29.6 Å². The fourth-order valence-electron chi connectivity index (χ4n) is 4.00. The average Bonchev–Trinajstić information content (AvgIpc) is 3.52. The van der Waals surface area contributed by atoms with E-state index in [1.54, 1.807) is 15.6 Å². The monoisotopic (exact) mass is 428 g/mol. The molecule has 1 saturated carbocycles. The van der Waals surface area contributed by atoms with Crippen molar-refractivity contribution in [3.05, 3.63) is 89.0 Å². The molecule has 1 atom stereocenters. The summed E-state index contributed by atoms with van der Waals surface area (Å²) in [6.45, 7) is 0.483. The van der Waals surface area contributed by atoms with Gasteiger partial charge < -0.3 is 5.32 Å². The van der Waals surface area contributed by atoms with E-state index in [1.807, 2.05) is 54.6 Å². The van der Waals surface area contributed by atoms with Crippen LogP contribution in [-0.2, 0) is 17.8 Å². The molecule has 2 aromatic heterocycles. The average molecular weight is 428 g/mol.